The fourth-order valence-corrected chi connectivity index (χ4v) is 4.17. The molecule has 0 aliphatic carbocycles. The fourth-order valence-electron chi connectivity index (χ4n) is 3.17. The van der Waals surface area contributed by atoms with Crippen LogP contribution in [0.4, 0.5) is 5.69 Å². The first kappa shape index (κ1) is 25.4. The smallest absolute Gasteiger partial charge is 0.269 e. The van der Waals surface area contributed by atoms with Gasteiger partial charge in [-0.3, -0.25) is 19.5 Å². The van der Waals surface area contributed by atoms with Crippen molar-refractivity contribution in [2.24, 2.45) is 5.10 Å². The molecule has 0 saturated heterocycles. The largest absolute Gasteiger partial charge is 0.272 e. The van der Waals surface area contributed by atoms with Gasteiger partial charge in [0.2, 0.25) is 0 Å². The van der Waals surface area contributed by atoms with Gasteiger partial charge >= 0.3 is 0 Å². The average molecular weight is 541 g/mol. The molecule has 0 atom stereocenters. The van der Waals surface area contributed by atoms with Gasteiger partial charge in [0.05, 0.1) is 16.4 Å². The Morgan fingerprint density at radius 3 is 2.22 bits per heavy atom. The van der Waals surface area contributed by atoms with Gasteiger partial charge in [0.25, 0.3) is 11.6 Å². The lowest BCUT2D eigenvalue weighted by Gasteiger charge is -2.10. The zero-order valence-corrected chi connectivity index (χ0v) is 21.1. The average Bonchev–Trinajstić information content (AvgIpc) is 3.31. The highest BCUT2D eigenvalue weighted by molar-refractivity contribution is 7.99. The molecule has 1 amide bonds. The molecule has 0 fully saturated rings. The summed E-state index contributed by atoms with van der Waals surface area (Å²) in [7, 11) is 0. The molecule has 0 radical (unpaired) electrons. The van der Waals surface area contributed by atoms with Gasteiger partial charge in [-0.25, -0.2) is 5.43 Å². The molecule has 1 aromatic heterocycles. The number of non-ortho nitro benzene ring substituents is 1. The topological polar surface area (TPSA) is 115 Å². The predicted molar refractivity (Wildman–Crippen MR) is 141 cm³/mol. The van der Waals surface area contributed by atoms with Crippen LogP contribution in [0.25, 0.3) is 17.1 Å². The van der Waals surface area contributed by atoms with E-state index in [1.54, 1.807) is 43.3 Å². The van der Waals surface area contributed by atoms with E-state index in [1.807, 2.05) is 28.8 Å². The maximum absolute atomic E-state index is 12.5. The van der Waals surface area contributed by atoms with Gasteiger partial charge < -0.3 is 0 Å². The molecule has 12 heteroatoms. The number of nitro groups is 1. The van der Waals surface area contributed by atoms with Crippen LogP contribution >= 0.6 is 35.0 Å². The van der Waals surface area contributed by atoms with Crippen molar-refractivity contribution in [1.29, 1.82) is 0 Å². The van der Waals surface area contributed by atoms with Crippen LogP contribution in [0.3, 0.4) is 0 Å². The molecule has 4 aromatic rings. The molecule has 0 spiro atoms. The Morgan fingerprint density at radius 1 is 1.00 bits per heavy atom. The van der Waals surface area contributed by atoms with Crippen LogP contribution in [0.1, 0.15) is 12.5 Å². The monoisotopic (exact) mass is 540 g/mol. The first-order valence-electron chi connectivity index (χ1n) is 10.5. The minimum atomic E-state index is -0.476. The van der Waals surface area contributed by atoms with Gasteiger partial charge in [-0.05, 0) is 73.2 Å². The standard InChI is InChI=1S/C24H18Cl2N6O3S/c1-15(16-4-10-21(11-5-16)32(34)35)27-28-22(33)14-36-24-30-29-23(17-2-6-18(25)7-3-17)31(24)20-12-8-19(26)9-13-20/h2-13H,14H2,1H3,(H,28,33)/b27-15-. The Balaban J connectivity index is 1.50. The number of carbonyl (C=O) groups is 1. The Kier molecular flexibility index (Phi) is 7.99. The lowest BCUT2D eigenvalue weighted by atomic mass is 10.1. The van der Waals surface area contributed by atoms with Crippen LogP contribution < -0.4 is 5.43 Å². The number of amides is 1. The molecule has 0 saturated carbocycles. The summed E-state index contributed by atoms with van der Waals surface area (Å²) in [5, 5.41) is 25.2. The molecular formula is C24H18Cl2N6O3S. The molecule has 1 N–H and O–H groups in total. The van der Waals surface area contributed by atoms with Crippen molar-refractivity contribution in [3.05, 3.63) is 98.5 Å². The molecule has 0 aliphatic heterocycles. The minimum absolute atomic E-state index is 0.0187. The third-order valence-corrected chi connectivity index (χ3v) is 6.43. The molecular weight excluding hydrogens is 523 g/mol. The van der Waals surface area contributed by atoms with E-state index >= 15 is 0 Å². The molecule has 1 heterocycles. The van der Waals surface area contributed by atoms with Crippen LogP contribution in [-0.2, 0) is 4.79 Å². The number of thioether (sulfide) groups is 1. The first-order chi connectivity index (χ1) is 17.3. The molecule has 0 unspecified atom stereocenters. The summed E-state index contributed by atoms with van der Waals surface area (Å²) < 4.78 is 1.84. The van der Waals surface area contributed by atoms with E-state index in [4.69, 9.17) is 23.2 Å². The second-order valence-corrected chi connectivity index (χ2v) is 9.27. The number of hydrazone groups is 1. The SMILES string of the molecule is C/C(=N/NC(=O)CSc1nnc(-c2ccc(Cl)cc2)n1-c1ccc(Cl)cc1)c1ccc([N+](=O)[O-])cc1. The van der Waals surface area contributed by atoms with Crippen molar-refractivity contribution in [1.82, 2.24) is 20.2 Å². The molecule has 36 heavy (non-hydrogen) atoms. The number of aromatic nitrogens is 3. The molecule has 182 valence electrons. The Morgan fingerprint density at radius 2 is 1.61 bits per heavy atom. The van der Waals surface area contributed by atoms with Crippen LogP contribution in [-0.4, -0.2) is 37.1 Å². The van der Waals surface area contributed by atoms with E-state index in [-0.39, 0.29) is 17.3 Å². The van der Waals surface area contributed by atoms with Gasteiger partial charge in [0.15, 0.2) is 11.0 Å². The van der Waals surface area contributed by atoms with Gasteiger partial charge in [-0.15, -0.1) is 10.2 Å². The number of carbonyl (C=O) groups excluding carboxylic acids is 1. The van der Waals surface area contributed by atoms with E-state index in [0.29, 0.717) is 32.3 Å². The Labute approximate surface area is 220 Å². The van der Waals surface area contributed by atoms with Crippen LogP contribution in [0.2, 0.25) is 10.0 Å². The number of nitro benzene ring substituents is 1. The molecule has 4 rings (SSSR count). The number of nitrogens with zero attached hydrogens (tertiary/aromatic N) is 5. The number of hydrogen-bond acceptors (Lipinski definition) is 7. The van der Waals surface area contributed by atoms with Crippen molar-refractivity contribution in [3.8, 4) is 17.1 Å². The summed E-state index contributed by atoms with van der Waals surface area (Å²) >= 11 is 13.3. The minimum Gasteiger partial charge on any atom is -0.272 e. The summed E-state index contributed by atoms with van der Waals surface area (Å²) in [5.74, 6) is 0.271. The maximum atomic E-state index is 12.5. The number of rotatable bonds is 8. The van der Waals surface area contributed by atoms with Crippen molar-refractivity contribution in [2.45, 2.75) is 12.1 Å². The highest BCUT2D eigenvalue weighted by Gasteiger charge is 2.17. The van der Waals surface area contributed by atoms with Gasteiger partial charge in [0.1, 0.15) is 0 Å². The van der Waals surface area contributed by atoms with Gasteiger partial charge in [-0.2, -0.15) is 5.10 Å². The van der Waals surface area contributed by atoms with E-state index < -0.39 is 4.92 Å². The summed E-state index contributed by atoms with van der Waals surface area (Å²) in [6, 6.07) is 20.3. The second kappa shape index (κ2) is 11.3. The highest BCUT2D eigenvalue weighted by Crippen LogP contribution is 2.29. The number of halogens is 2. The summed E-state index contributed by atoms with van der Waals surface area (Å²) in [4.78, 5) is 22.8. The van der Waals surface area contributed by atoms with Crippen LogP contribution in [0, 0.1) is 10.1 Å². The van der Waals surface area contributed by atoms with E-state index in [1.165, 1.54) is 23.9 Å². The van der Waals surface area contributed by atoms with Gasteiger partial charge in [-0.1, -0.05) is 35.0 Å². The van der Waals surface area contributed by atoms with E-state index in [2.05, 4.69) is 20.7 Å². The third kappa shape index (κ3) is 6.09. The fraction of sp³-hybridized carbons (Fsp3) is 0.0833. The highest BCUT2D eigenvalue weighted by atomic mass is 35.5. The lowest BCUT2D eigenvalue weighted by molar-refractivity contribution is -0.384. The summed E-state index contributed by atoms with van der Waals surface area (Å²) in [5.41, 5.74) is 5.24. The van der Waals surface area contributed by atoms with Crippen molar-refractivity contribution in [3.63, 3.8) is 0 Å². The van der Waals surface area contributed by atoms with Crippen molar-refractivity contribution in [2.75, 3.05) is 5.75 Å². The summed E-state index contributed by atoms with van der Waals surface area (Å²) in [6.07, 6.45) is 0. The molecule has 3 aromatic carbocycles. The number of hydrogen-bond donors (Lipinski definition) is 1. The number of nitrogens with one attached hydrogen (secondary N) is 1. The zero-order valence-electron chi connectivity index (χ0n) is 18.8. The molecule has 9 nitrogen and oxygen atoms in total. The normalized spacial score (nSPS) is 11.4. The van der Waals surface area contributed by atoms with E-state index in [9.17, 15) is 14.9 Å². The van der Waals surface area contributed by atoms with Crippen LogP contribution in [0.5, 0.6) is 0 Å². The zero-order chi connectivity index (χ0) is 25.7. The quantitative estimate of drug-likeness (QED) is 0.131. The Bertz CT molecular complexity index is 1420. The second-order valence-electron chi connectivity index (χ2n) is 7.45. The maximum Gasteiger partial charge on any atom is 0.269 e. The summed E-state index contributed by atoms with van der Waals surface area (Å²) in [6.45, 7) is 1.70. The molecule has 0 aliphatic rings. The predicted octanol–water partition coefficient (Wildman–Crippen LogP) is 5.78. The first-order valence-corrected chi connectivity index (χ1v) is 12.2. The molecule has 0 bridgehead atoms. The van der Waals surface area contributed by atoms with Gasteiger partial charge in [0, 0.05) is 33.4 Å². The third-order valence-electron chi connectivity index (χ3n) is 5.00. The van der Waals surface area contributed by atoms with Crippen molar-refractivity contribution < 1.29 is 9.72 Å². The van der Waals surface area contributed by atoms with Crippen LogP contribution in [0.15, 0.2) is 83.1 Å². The lowest BCUT2D eigenvalue weighted by Crippen LogP contribution is -2.21. The Hall–Kier alpha value is -3.73. The van der Waals surface area contributed by atoms with Crippen molar-refractivity contribution >= 4 is 52.3 Å². The number of benzene rings is 3. The van der Waals surface area contributed by atoms with E-state index in [0.717, 1.165) is 11.3 Å².